The van der Waals surface area contributed by atoms with E-state index in [0.717, 1.165) is 10.9 Å². The van der Waals surface area contributed by atoms with Crippen molar-refractivity contribution in [2.75, 3.05) is 13.2 Å². The van der Waals surface area contributed by atoms with Gasteiger partial charge in [0.1, 0.15) is 29.9 Å². The van der Waals surface area contributed by atoms with Crippen LogP contribution in [0.1, 0.15) is 16.7 Å². The number of fused-ring (bicyclic) bond motifs is 1. The van der Waals surface area contributed by atoms with Crippen molar-refractivity contribution in [2.45, 2.75) is 26.5 Å². The van der Waals surface area contributed by atoms with E-state index >= 15 is 0 Å². The van der Waals surface area contributed by atoms with Crippen molar-refractivity contribution in [1.82, 2.24) is 5.32 Å². The highest BCUT2D eigenvalue weighted by Gasteiger charge is 2.18. The van der Waals surface area contributed by atoms with Crippen LogP contribution in [-0.2, 0) is 6.42 Å². The summed E-state index contributed by atoms with van der Waals surface area (Å²) in [6.07, 6.45) is -0.127. The largest absolute Gasteiger partial charge is 0.507 e. The molecule has 2 aromatic carbocycles. The van der Waals surface area contributed by atoms with Gasteiger partial charge in [0.05, 0.1) is 5.56 Å². The third-order valence-electron chi connectivity index (χ3n) is 5.29. The normalized spacial score (nSPS) is 12.2. The average Bonchev–Trinajstić information content (AvgIpc) is 3.21. The summed E-state index contributed by atoms with van der Waals surface area (Å²) in [7, 11) is 0. The number of aliphatic hydroxyl groups is 1. The highest BCUT2D eigenvalue weighted by atomic mass is 16.5. The van der Waals surface area contributed by atoms with E-state index in [2.05, 4.69) is 5.32 Å². The van der Waals surface area contributed by atoms with Crippen molar-refractivity contribution in [3.05, 3.63) is 81.7 Å². The average molecular weight is 435 g/mol. The Morgan fingerprint density at radius 2 is 1.81 bits per heavy atom. The van der Waals surface area contributed by atoms with E-state index in [1.54, 1.807) is 25.1 Å². The highest BCUT2D eigenvalue weighted by Crippen LogP contribution is 2.34. The molecule has 0 fully saturated rings. The zero-order valence-electron chi connectivity index (χ0n) is 17.9. The van der Waals surface area contributed by atoms with Crippen molar-refractivity contribution >= 4 is 11.0 Å². The monoisotopic (exact) mass is 435 g/mol. The molecule has 0 bridgehead atoms. The topological polar surface area (TPSA) is 105 Å². The van der Waals surface area contributed by atoms with Crippen LogP contribution in [-0.4, -0.2) is 29.6 Å². The van der Waals surface area contributed by atoms with Crippen LogP contribution >= 0.6 is 0 Å². The number of nitrogens with one attached hydrogen (secondary N) is 1. The number of rotatable bonds is 8. The third-order valence-corrected chi connectivity index (χ3v) is 5.29. The molecular weight excluding hydrogens is 410 g/mol. The van der Waals surface area contributed by atoms with Crippen LogP contribution in [0.3, 0.4) is 0 Å². The maximum atomic E-state index is 11.9. The van der Waals surface area contributed by atoms with Crippen molar-refractivity contribution in [1.29, 1.82) is 0 Å². The van der Waals surface area contributed by atoms with Crippen LogP contribution in [0, 0.1) is 13.8 Å². The zero-order valence-corrected chi connectivity index (χ0v) is 17.9. The summed E-state index contributed by atoms with van der Waals surface area (Å²) >= 11 is 0. The molecule has 4 rings (SSSR count). The first-order valence-electron chi connectivity index (χ1n) is 10.4. The summed E-state index contributed by atoms with van der Waals surface area (Å²) in [5.74, 6) is 1.11. The number of ether oxygens (including phenoxy) is 1. The van der Waals surface area contributed by atoms with Gasteiger partial charge in [-0.05, 0) is 43.7 Å². The molecule has 0 saturated heterocycles. The smallest absolute Gasteiger partial charge is 0.343 e. The van der Waals surface area contributed by atoms with Crippen molar-refractivity contribution in [2.24, 2.45) is 0 Å². The van der Waals surface area contributed by atoms with E-state index in [4.69, 9.17) is 13.6 Å². The summed E-state index contributed by atoms with van der Waals surface area (Å²) in [5, 5.41) is 24.1. The van der Waals surface area contributed by atoms with Crippen LogP contribution in [0.25, 0.3) is 22.5 Å². The number of aliphatic hydroxyl groups excluding tert-OH is 1. The van der Waals surface area contributed by atoms with Crippen LogP contribution in [0.15, 0.2) is 68.2 Å². The van der Waals surface area contributed by atoms with Crippen LogP contribution in [0.2, 0.25) is 0 Å². The second-order valence-electron chi connectivity index (χ2n) is 7.64. The Kier molecular flexibility index (Phi) is 6.30. The predicted octanol–water partition coefficient (Wildman–Crippen LogP) is 3.90. The van der Waals surface area contributed by atoms with Crippen molar-refractivity contribution in [3.8, 4) is 23.0 Å². The Morgan fingerprint density at radius 3 is 2.59 bits per heavy atom. The zero-order chi connectivity index (χ0) is 22.7. The molecule has 32 heavy (non-hydrogen) atoms. The molecule has 2 aromatic heterocycles. The van der Waals surface area contributed by atoms with Gasteiger partial charge in [0, 0.05) is 23.9 Å². The Balaban J connectivity index is 1.39. The van der Waals surface area contributed by atoms with E-state index < -0.39 is 11.9 Å². The van der Waals surface area contributed by atoms with Crippen LogP contribution < -0.4 is 15.7 Å². The summed E-state index contributed by atoms with van der Waals surface area (Å²) in [6, 6.07) is 16.9. The van der Waals surface area contributed by atoms with Gasteiger partial charge in [-0.25, -0.2) is 4.79 Å². The lowest BCUT2D eigenvalue weighted by atomic mass is 10.1. The number of furan rings is 1. The first kappa shape index (κ1) is 21.7. The highest BCUT2D eigenvalue weighted by molar-refractivity contribution is 5.84. The standard InChI is InChI=1S/C25H25NO6/c1-15-23(28)16(2)25(29)32-24(15)21-14-18-13-19(8-9-20(18)31-21)30-11-10-26-22(27)12-17-6-4-3-5-7-17/h3-9,13-14,22,26-28H,10-12H2,1-2H3. The molecule has 0 aliphatic heterocycles. The van der Waals surface area contributed by atoms with E-state index in [1.165, 1.54) is 6.92 Å². The Bertz CT molecular complexity index is 1280. The maximum absolute atomic E-state index is 11.9. The Morgan fingerprint density at radius 1 is 1.03 bits per heavy atom. The van der Waals surface area contributed by atoms with Gasteiger partial charge < -0.3 is 23.8 Å². The molecule has 3 N–H and O–H groups in total. The van der Waals surface area contributed by atoms with E-state index in [9.17, 15) is 15.0 Å². The first-order valence-corrected chi connectivity index (χ1v) is 10.4. The fourth-order valence-corrected chi connectivity index (χ4v) is 3.49. The minimum Gasteiger partial charge on any atom is -0.507 e. The lowest BCUT2D eigenvalue weighted by Crippen LogP contribution is -2.34. The molecule has 0 saturated carbocycles. The fraction of sp³-hybridized carbons (Fsp3) is 0.240. The molecule has 166 valence electrons. The molecule has 0 aliphatic carbocycles. The molecule has 4 aromatic rings. The van der Waals surface area contributed by atoms with Gasteiger partial charge in [0.2, 0.25) is 0 Å². The predicted molar refractivity (Wildman–Crippen MR) is 121 cm³/mol. The third kappa shape index (κ3) is 4.69. The molecule has 0 amide bonds. The van der Waals surface area contributed by atoms with Gasteiger partial charge in [-0.15, -0.1) is 0 Å². The fourth-order valence-electron chi connectivity index (χ4n) is 3.49. The van der Waals surface area contributed by atoms with Gasteiger partial charge in [-0.1, -0.05) is 30.3 Å². The second-order valence-corrected chi connectivity index (χ2v) is 7.64. The molecule has 0 spiro atoms. The van der Waals surface area contributed by atoms with Crippen LogP contribution in [0.5, 0.6) is 11.5 Å². The van der Waals surface area contributed by atoms with Gasteiger partial charge in [-0.3, -0.25) is 5.32 Å². The second kappa shape index (κ2) is 9.30. The minimum atomic E-state index is -0.649. The molecule has 1 atom stereocenters. The van der Waals surface area contributed by atoms with Crippen molar-refractivity contribution < 1.29 is 23.8 Å². The summed E-state index contributed by atoms with van der Waals surface area (Å²) < 4.78 is 16.9. The van der Waals surface area contributed by atoms with E-state index in [0.29, 0.717) is 42.2 Å². The van der Waals surface area contributed by atoms with E-state index in [-0.39, 0.29) is 17.1 Å². The number of hydrogen-bond acceptors (Lipinski definition) is 7. The Labute approximate surface area is 184 Å². The van der Waals surface area contributed by atoms with Gasteiger partial charge in [0.15, 0.2) is 11.5 Å². The van der Waals surface area contributed by atoms with Crippen LogP contribution in [0.4, 0.5) is 0 Å². The minimum absolute atomic E-state index is 0.0947. The number of aromatic hydroxyl groups is 1. The number of hydrogen-bond donors (Lipinski definition) is 3. The van der Waals surface area contributed by atoms with Crippen molar-refractivity contribution in [3.63, 3.8) is 0 Å². The molecule has 0 aliphatic rings. The molecule has 2 heterocycles. The number of benzene rings is 2. The first-order chi connectivity index (χ1) is 15.4. The maximum Gasteiger partial charge on any atom is 0.343 e. The van der Waals surface area contributed by atoms with Gasteiger partial charge in [0.25, 0.3) is 0 Å². The van der Waals surface area contributed by atoms with Gasteiger partial charge in [-0.2, -0.15) is 0 Å². The summed E-state index contributed by atoms with van der Waals surface area (Å²) in [4.78, 5) is 11.9. The molecular formula is C25H25NO6. The lowest BCUT2D eigenvalue weighted by molar-refractivity contribution is 0.130. The Hall–Kier alpha value is -3.55. The molecule has 0 radical (unpaired) electrons. The lowest BCUT2D eigenvalue weighted by Gasteiger charge is -2.13. The van der Waals surface area contributed by atoms with E-state index in [1.807, 2.05) is 36.4 Å². The molecule has 7 heteroatoms. The SMILES string of the molecule is Cc1c(-c2cc3cc(OCCNC(O)Cc4ccccc4)ccc3o2)oc(=O)c(C)c1O. The summed E-state index contributed by atoms with van der Waals surface area (Å²) in [5.41, 5.74) is 1.67. The quantitative estimate of drug-likeness (QED) is 0.285. The van der Waals surface area contributed by atoms with Gasteiger partial charge >= 0.3 is 5.63 Å². The molecule has 1 unspecified atom stereocenters. The molecule has 7 nitrogen and oxygen atoms in total. The summed E-state index contributed by atoms with van der Waals surface area (Å²) in [6.45, 7) is 4.04.